The van der Waals surface area contributed by atoms with Crippen LogP contribution in [0.4, 0.5) is 8.78 Å². The van der Waals surface area contributed by atoms with E-state index < -0.39 is 6.04 Å². The second-order valence-electron chi connectivity index (χ2n) is 7.92. The largest absolute Gasteiger partial charge is 0.353 e. The van der Waals surface area contributed by atoms with Gasteiger partial charge in [0.25, 0.3) is 0 Å². The van der Waals surface area contributed by atoms with Gasteiger partial charge in [-0.15, -0.1) is 0 Å². The number of nitrogens with zero attached hydrogens (tertiary/aromatic N) is 2. The van der Waals surface area contributed by atoms with Crippen molar-refractivity contribution in [3.63, 3.8) is 0 Å². The van der Waals surface area contributed by atoms with Crippen molar-refractivity contribution in [2.24, 2.45) is 0 Å². The first-order valence-electron chi connectivity index (χ1n) is 10.5. The zero-order valence-corrected chi connectivity index (χ0v) is 17.2. The smallest absolute Gasteiger partial charge is 0.237 e. The molecule has 1 atom stereocenters. The quantitative estimate of drug-likeness (QED) is 0.761. The molecule has 4 rings (SSSR count). The monoisotopic (exact) mass is 428 g/mol. The maximum Gasteiger partial charge on any atom is 0.237 e. The van der Waals surface area contributed by atoms with Crippen molar-refractivity contribution in [2.75, 3.05) is 39.3 Å². The van der Waals surface area contributed by atoms with Crippen LogP contribution in [0.15, 0.2) is 48.5 Å². The lowest BCUT2D eigenvalue weighted by molar-refractivity contribution is -0.137. The van der Waals surface area contributed by atoms with Gasteiger partial charge in [-0.3, -0.25) is 14.5 Å². The summed E-state index contributed by atoms with van der Waals surface area (Å²) in [6.07, 6.45) is 0.144. The van der Waals surface area contributed by atoms with E-state index in [0.29, 0.717) is 39.3 Å². The molecule has 0 saturated carbocycles. The fourth-order valence-electron chi connectivity index (χ4n) is 4.25. The lowest BCUT2D eigenvalue weighted by Crippen LogP contribution is -2.56. The molecule has 164 valence electrons. The summed E-state index contributed by atoms with van der Waals surface area (Å²) in [7, 11) is 0. The molecular formula is C23H26F2N4O2. The first-order chi connectivity index (χ1) is 15.0. The van der Waals surface area contributed by atoms with E-state index in [0.717, 1.165) is 11.1 Å². The van der Waals surface area contributed by atoms with Gasteiger partial charge in [0.05, 0.1) is 18.5 Å². The minimum absolute atomic E-state index is 0.0469. The average molecular weight is 428 g/mol. The number of halogens is 2. The number of amides is 2. The summed E-state index contributed by atoms with van der Waals surface area (Å²) in [4.78, 5) is 28.6. The number of hydrogen-bond acceptors (Lipinski definition) is 4. The Hall–Kier alpha value is -2.84. The zero-order valence-electron chi connectivity index (χ0n) is 17.2. The van der Waals surface area contributed by atoms with E-state index in [9.17, 15) is 18.4 Å². The van der Waals surface area contributed by atoms with Crippen LogP contribution in [0.3, 0.4) is 0 Å². The molecule has 8 heteroatoms. The molecule has 2 heterocycles. The first-order valence-corrected chi connectivity index (χ1v) is 10.5. The Balaban J connectivity index is 1.44. The molecule has 2 saturated heterocycles. The van der Waals surface area contributed by atoms with Gasteiger partial charge < -0.3 is 15.5 Å². The third kappa shape index (κ3) is 5.08. The molecule has 2 fully saturated rings. The lowest BCUT2D eigenvalue weighted by Gasteiger charge is -2.40. The predicted octanol–water partition coefficient (Wildman–Crippen LogP) is 1.68. The molecule has 31 heavy (non-hydrogen) atoms. The minimum atomic E-state index is -0.481. The van der Waals surface area contributed by atoms with Crippen molar-refractivity contribution in [3.8, 4) is 0 Å². The number of rotatable bonds is 5. The van der Waals surface area contributed by atoms with Crippen molar-refractivity contribution in [1.29, 1.82) is 0 Å². The Labute approximate surface area is 180 Å². The SMILES string of the molecule is O=C1NCCN[C@@H]1CC(=O)N1CCN(C(c2ccc(F)cc2)c2ccc(F)cc2)CC1. The molecule has 0 aromatic heterocycles. The van der Waals surface area contributed by atoms with Crippen LogP contribution in [0, 0.1) is 11.6 Å². The highest BCUT2D eigenvalue weighted by Gasteiger charge is 2.31. The normalized spacial score (nSPS) is 20.0. The third-order valence-corrected chi connectivity index (χ3v) is 5.91. The van der Waals surface area contributed by atoms with Crippen molar-refractivity contribution < 1.29 is 18.4 Å². The molecule has 2 aromatic rings. The minimum Gasteiger partial charge on any atom is -0.353 e. The predicted molar refractivity (Wildman–Crippen MR) is 112 cm³/mol. The maximum atomic E-state index is 13.5. The summed E-state index contributed by atoms with van der Waals surface area (Å²) in [5.74, 6) is -0.796. The fourth-order valence-corrected chi connectivity index (χ4v) is 4.25. The van der Waals surface area contributed by atoms with Gasteiger partial charge in [-0.1, -0.05) is 24.3 Å². The van der Waals surface area contributed by atoms with E-state index in [1.54, 1.807) is 29.2 Å². The van der Waals surface area contributed by atoms with Crippen molar-refractivity contribution >= 4 is 11.8 Å². The fraction of sp³-hybridized carbons (Fsp3) is 0.391. The molecule has 0 spiro atoms. The molecule has 0 radical (unpaired) electrons. The molecule has 2 aromatic carbocycles. The highest BCUT2D eigenvalue weighted by molar-refractivity contribution is 5.88. The first kappa shape index (κ1) is 21.4. The molecular weight excluding hydrogens is 402 g/mol. The van der Waals surface area contributed by atoms with E-state index in [-0.39, 0.29) is 35.9 Å². The summed E-state index contributed by atoms with van der Waals surface area (Å²) in [6, 6.07) is 12.0. The van der Waals surface area contributed by atoms with Crippen molar-refractivity contribution in [3.05, 3.63) is 71.3 Å². The Kier molecular flexibility index (Phi) is 6.58. The van der Waals surface area contributed by atoms with Gasteiger partial charge in [0.15, 0.2) is 0 Å². The van der Waals surface area contributed by atoms with Crippen LogP contribution in [0.25, 0.3) is 0 Å². The second-order valence-corrected chi connectivity index (χ2v) is 7.92. The highest BCUT2D eigenvalue weighted by Crippen LogP contribution is 2.30. The van der Waals surface area contributed by atoms with Crippen LogP contribution in [0.1, 0.15) is 23.6 Å². The highest BCUT2D eigenvalue weighted by atomic mass is 19.1. The van der Waals surface area contributed by atoms with Gasteiger partial charge in [0.2, 0.25) is 11.8 Å². The summed E-state index contributed by atoms with van der Waals surface area (Å²) >= 11 is 0. The number of nitrogens with one attached hydrogen (secondary N) is 2. The summed E-state index contributed by atoms with van der Waals surface area (Å²) < 4.78 is 26.9. The average Bonchev–Trinajstić information content (AvgIpc) is 2.78. The van der Waals surface area contributed by atoms with Crippen LogP contribution in [-0.4, -0.2) is 66.9 Å². The molecule has 2 aliphatic rings. The number of carbonyl (C=O) groups excluding carboxylic acids is 2. The van der Waals surface area contributed by atoms with Crippen LogP contribution in [0.5, 0.6) is 0 Å². The topological polar surface area (TPSA) is 64.7 Å². The van der Waals surface area contributed by atoms with Crippen LogP contribution in [0.2, 0.25) is 0 Å². The molecule has 2 aliphatic heterocycles. The van der Waals surface area contributed by atoms with Crippen LogP contribution < -0.4 is 10.6 Å². The molecule has 0 aliphatic carbocycles. The number of carbonyl (C=O) groups is 2. The van der Waals surface area contributed by atoms with Crippen molar-refractivity contribution in [2.45, 2.75) is 18.5 Å². The lowest BCUT2D eigenvalue weighted by atomic mass is 9.96. The maximum absolute atomic E-state index is 13.5. The number of benzene rings is 2. The van der Waals surface area contributed by atoms with Gasteiger partial charge in [-0.25, -0.2) is 8.78 Å². The zero-order chi connectivity index (χ0) is 21.8. The van der Waals surface area contributed by atoms with Crippen molar-refractivity contribution in [1.82, 2.24) is 20.4 Å². The molecule has 0 unspecified atom stereocenters. The van der Waals surface area contributed by atoms with Gasteiger partial charge in [-0.05, 0) is 35.4 Å². The molecule has 6 nitrogen and oxygen atoms in total. The summed E-state index contributed by atoms with van der Waals surface area (Å²) in [6.45, 7) is 3.55. The Morgan fingerprint density at radius 2 is 1.45 bits per heavy atom. The Morgan fingerprint density at radius 3 is 1.97 bits per heavy atom. The van der Waals surface area contributed by atoms with Gasteiger partial charge >= 0.3 is 0 Å². The van der Waals surface area contributed by atoms with E-state index in [2.05, 4.69) is 15.5 Å². The van der Waals surface area contributed by atoms with Crippen LogP contribution in [-0.2, 0) is 9.59 Å². The van der Waals surface area contributed by atoms with E-state index in [1.165, 1.54) is 24.3 Å². The van der Waals surface area contributed by atoms with Gasteiger partial charge in [0.1, 0.15) is 11.6 Å². The van der Waals surface area contributed by atoms with Gasteiger partial charge in [-0.2, -0.15) is 0 Å². The standard InChI is InChI=1S/C23H26F2N4O2/c24-18-5-1-16(2-6-18)22(17-3-7-19(25)8-4-17)29-13-11-28(12-14-29)21(30)15-20-23(31)27-10-9-26-20/h1-8,20,22,26H,9-15H2,(H,27,31)/t20-/m1/s1. The summed E-state index contributed by atoms with van der Waals surface area (Å²) in [5, 5.41) is 5.86. The van der Waals surface area contributed by atoms with Gasteiger partial charge in [0, 0.05) is 39.3 Å². The number of hydrogen-bond donors (Lipinski definition) is 2. The van der Waals surface area contributed by atoms with E-state index in [4.69, 9.17) is 0 Å². The van der Waals surface area contributed by atoms with Crippen LogP contribution >= 0.6 is 0 Å². The Morgan fingerprint density at radius 1 is 0.903 bits per heavy atom. The Bertz CT molecular complexity index is 867. The molecule has 2 amide bonds. The molecule has 2 N–H and O–H groups in total. The van der Waals surface area contributed by atoms with E-state index in [1.807, 2.05) is 0 Å². The second kappa shape index (κ2) is 9.53. The van der Waals surface area contributed by atoms with E-state index >= 15 is 0 Å². The number of piperazine rings is 2. The summed E-state index contributed by atoms with van der Waals surface area (Å²) in [5.41, 5.74) is 1.83. The molecule has 0 bridgehead atoms. The third-order valence-electron chi connectivity index (χ3n) is 5.91.